The van der Waals surface area contributed by atoms with Gasteiger partial charge in [0.05, 0.1) is 0 Å². The summed E-state index contributed by atoms with van der Waals surface area (Å²) < 4.78 is 13.6. The molecule has 86 valence electrons. The number of aryl methyl sites for hydroxylation is 1. The Bertz CT molecular complexity index is 289. The molecular formula is C12H19ClFN. The lowest BCUT2D eigenvalue weighted by atomic mass is 10.0. The molecular weight excluding hydrogens is 213 g/mol. The summed E-state index contributed by atoms with van der Waals surface area (Å²) in [4.78, 5) is 0. The number of hydrogen-bond donors (Lipinski definition) is 1. The first-order chi connectivity index (χ1) is 6.79. The molecule has 0 aromatic heterocycles. The van der Waals surface area contributed by atoms with Gasteiger partial charge in [0.2, 0.25) is 0 Å². The lowest BCUT2D eigenvalue weighted by Gasteiger charge is -2.06. The van der Waals surface area contributed by atoms with Crippen molar-refractivity contribution < 1.29 is 4.39 Å². The first-order valence-electron chi connectivity index (χ1n) is 5.26. The molecule has 1 aromatic carbocycles. The molecule has 2 N–H and O–H groups in total. The van der Waals surface area contributed by atoms with Gasteiger partial charge in [0.1, 0.15) is 5.82 Å². The minimum Gasteiger partial charge on any atom is -0.326 e. The zero-order valence-electron chi connectivity index (χ0n) is 9.13. The molecule has 0 aliphatic heterocycles. The van der Waals surface area contributed by atoms with Crippen LogP contribution in [-0.4, -0.2) is 0 Å². The van der Waals surface area contributed by atoms with Crippen LogP contribution in [0.5, 0.6) is 0 Å². The Morgan fingerprint density at radius 2 is 1.87 bits per heavy atom. The molecule has 0 aliphatic rings. The predicted octanol–water partition coefficient (Wildman–Crippen LogP) is 3.44. The molecule has 0 amide bonds. The van der Waals surface area contributed by atoms with E-state index in [2.05, 4.69) is 6.92 Å². The summed E-state index contributed by atoms with van der Waals surface area (Å²) in [6, 6.07) is 5.48. The summed E-state index contributed by atoms with van der Waals surface area (Å²) in [5.41, 5.74) is 6.87. The van der Waals surface area contributed by atoms with Crippen molar-refractivity contribution in [3.63, 3.8) is 0 Å². The molecule has 0 saturated carbocycles. The molecule has 0 heterocycles. The van der Waals surface area contributed by atoms with E-state index >= 15 is 0 Å². The molecule has 0 radical (unpaired) electrons. The van der Waals surface area contributed by atoms with Crippen LogP contribution in [-0.2, 0) is 13.0 Å². The molecule has 1 rings (SSSR count). The van der Waals surface area contributed by atoms with E-state index in [0.717, 1.165) is 31.2 Å². The number of unbranched alkanes of at least 4 members (excludes halogenated alkanes) is 2. The van der Waals surface area contributed by atoms with Crippen molar-refractivity contribution in [1.82, 2.24) is 0 Å². The van der Waals surface area contributed by atoms with E-state index < -0.39 is 0 Å². The van der Waals surface area contributed by atoms with Crippen LogP contribution >= 0.6 is 12.4 Å². The maximum absolute atomic E-state index is 13.6. The van der Waals surface area contributed by atoms with E-state index in [1.165, 1.54) is 0 Å². The van der Waals surface area contributed by atoms with Gasteiger partial charge in [-0.25, -0.2) is 4.39 Å². The number of rotatable bonds is 5. The quantitative estimate of drug-likeness (QED) is 0.772. The van der Waals surface area contributed by atoms with Crippen molar-refractivity contribution in [3.05, 3.63) is 35.1 Å². The Labute approximate surface area is 97.3 Å². The van der Waals surface area contributed by atoms with Crippen LogP contribution in [0.4, 0.5) is 4.39 Å². The third kappa shape index (κ3) is 4.18. The van der Waals surface area contributed by atoms with Crippen LogP contribution in [0.2, 0.25) is 0 Å². The third-order valence-electron chi connectivity index (χ3n) is 2.43. The normalized spacial score (nSPS) is 9.80. The lowest BCUT2D eigenvalue weighted by Crippen LogP contribution is -2.02. The van der Waals surface area contributed by atoms with Crippen molar-refractivity contribution in [2.24, 2.45) is 5.73 Å². The molecule has 0 spiro atoms. The zero-order valence-corrected chi connectivity index (χ0v) is 9.95. The van der Waals surface area contributed by atoms with Crippen molar-refractivity contribution in [3.8, 4) is 0 Å². The van der Waals surface area contributed by atoms with E-state index in [9.17, 15) is 4.39 Å². The Morgan fingerprint density at radius 1 is 1.20 bits per heavy atom. The summed E-state index contributed by atoms with van der Waals surface area (Å²) in [6.07, 6.45) is 4.21. The maximum Gasteiger partial charge on any atom is 0.130 e. The van der Waals surface area contributed by atoms with Gasteiger partial charge in [-0.15, -0.1) is 12.4 Å². The summed E-state index contributed by atoms with van der Waals surface area (Å²) in [6.45, 7) is 2.43. The minimum atomic E-state index is -0.105. The van der Waals surface area contributed by atoms with Crippen LogP contribution in [0.3, 0.4) is 0 Å². The highest BCUT2D eigenvalue weighted by Crippen LogP contribution is 2.15. The fraction of sp³-hybridized carbons (Fsp3) is 0.500. The van der Waals surface area contributed by atoms with Gasteiger partial charge in [-0.05, 0) is 18.4 Å². The van der Waals surface area contributed by atoms with Crippen molar-refractivity contribution in [2.75, 3.05) is 0 Å². The van der Waals surface area contributed by atoms with Gasteiger partial charge in [-0.2, -0.15) is 0 Å². The van der Waals surface area contributed by atoms with Gasteiger partial charge >= 0.3 is 0 Å². The Kier molecular flexibility index (Phi) is 7.35. The Hall–Kier alpha value is -0.600. The van der Waals surface area contributed by atoms with Crippen LogP contribution in [0.25, 0.3) is 0 Å². The standard InChI is InChI=1S/C12H18FN.ClH/c1-2-3-4-6-10-7-5-8-11(9-14)12(10)13;/h5,7-8H,2-4,6,9,14H2,1H3;1H. The molecule has 1 nitrogen and oxygen atoms in total. The van der Waals surface area contributed by atoms with Crippen LogP contribution < -0.4 is 5.73 Å². The highest BCUT2D eigenvalue weighted by Gasteiger charge is 2.05. The van der Waals surface area contributed by atoms with Crippen LogP contribution in [0.1, 0.15) is 37.3 Å². The molecule has 0 atom stereocenters. The van der Waals surface area contributed by atoms with Crippen molar-refractivity contribution in [1.29, 1.82) is 0 Å². The fourth-order valence-electron chi connectivity index (χ4n) is 1.55. The molecule has 0 aliphatic carbocycles. The van der Waals surface area contributed by atoms with Crippen LogP contribution in [0.15, 0.2) is 18.2 Å². The van der Waals surface area contributed by atoms with Gasteiger partial charge < -0.3 is 5.73 Å². The van der Waals surface area contributed by atoms with E-state index in [0.29, 0.717) is 5.56 Å². The monoisotopic (exact) mass is 231 g/mol. The molecule has 0 saturated heterocycles. The van der Waals surface area contributed by atoms with Crippen molar-refractivity contribution >= 4 is 12.4 Å². The second-order valence-corrected chi connectivity index (χ2v) is 3.55. The fourth-order valence-corrected chi connectivity index (χ4v) is 1.55. The first kappa shape index (κ1) is 14.4. The molecule has 3 heteroatoms. The molecule has 15 heavy (non-hydrogen) atoms. The highest BCUT2D eigenvalue weighted by atomic mass is 35.5. The maximum atomic E-state index is 13.6. The van der Waals surface area contributed by atoms with Gasteiger partial charge in [-0.3, -0.25) is 0 Å². The topological polar surface area (TPSA) is 26.0 Å². The smallest absolute Gasteiger partial charge is 0.130 e. The van der Waals surface area contributed by atoms with Gasteiger partial charge in [0, 0.05) is 12.1 Å². The third-order valence-corrected chi connectivity index (χ3v) is 2.43. The summed E-state index contributed by atoms with van der Waals surface area (Å²) in [7, 11) is 0. The Balaban J connectivity index is 0.00000196. The van der Waals surface area contributed by atoms with Gasteiger partial charge in [0.15, 0.2) is 0 Å². The SMILES string of the molecule is CCCCCc1cccc(CN)c1F.Cl. The summed E-state index contributed by atoms with van der Waals surface area (Å²) in [5, 5.41) is 0. The average molecular weight is 232 g/mol. The zero-order chi connectivity index (χ0) is 10.4. The summed E-state index contributed by atoms with van der Waals surface area (Å²) in [5.74, 6) is -0.105. The average Bonchev–Trinajstić information content (AvgIpc) is 2.21. The number of benzene rings is 1. The number of hydrogen-bond acceptors (Lipinski definition) is 1. The molecule has 1 aromatic rings. The summed E-state index contributed by atoms with van der Waals surface area (Å²) >= 11 is 0. The number of halogens is 2. The van der Waals surface area contributed by atoms with E-state index in [-0.39, 0.29) is 24.8 Å². The Morgan fingerprint density at radius 3 is 2.47 bits per heavy atom. The predicted molar refractivity (Wildman–Crippen MR) is 64.8 cm³/mol. The molecule has 0 fully saturated rings. The van der Waals surface area contributed by atoms with E-state index in [1.54, 1.807) is 6.07 Å². The molecule has 0 unspecified atom stereocenters. The second-order valence-electron chi connectivity index (χ2n) is 3.55. The van der Waals surface area contributed by atoms with Crippen LogP contribution in [0, 0.1) is 5.82 Å². The van der Waals surface area contributed by atoms with E-state index in [4.69, 9.17) is 5.73 Å². The second kappa shape index (κ2) is 7.66. The van der Waals surface area contributed by atoms with Gasteiger partial charge in [-0.1, -0.05) is 38.0 Å². The largest absolute Gasteiger partial charge is 0.326 e. The number of nitrogens with two attached hydrogens (primary N) is 1. The first-order valence-corrected chi connectivity index (χ1v) is 5.26. The van der Waals surface area contributed by atoms with Crippen molar-refractivity contribution in [2.45, 2.75) is 39.2 Å². The molecule has 0 bridgehead atoms. The minimum absolute atomic E-state index is 0. The van der Waals surface area contributed by atoms with E-state index in [1.807, 2.05) is 12.1 Å². The highest BCUT2D eigenvalue weighted by molar-refractivity contribution is 5.85. The van der Waals surface area contributed by atoms with Gasteiger partial charge in [0.25, 0.3) is 0 Å². The lowest BCUT2D eigenvalue weighted by molar-refractivity contribution is 0.584.